The Morgan fingerprint density at radius 2 is 1.64 bits per heavy atom. The van der Waals surface area contributed by atoms with Crippen LogP contribution in [-0.4, -0.2) is 62.3 Å². The van der Waals surface area contributed by atoms with E-state index in [1.54, 1.807) is 24.3 Å². The van der Waals surface area contributed by atoms with E-state index in [4.69, 9.17) is 4.74 Å². The van der Waals surface area contributed by atoms with E-state index >= 15 is 0 Å². The molecule has 0 aliphatic rings. The number of hydrogen-bond donors (Lipinski definition) is 5. The quantitative estimate of drug-likeness (QED) is 0.227. The molecule has 0 aliphatic carbocycles. The lowest BCUT2D eigenvalue weighted by Gasteiger charge is -2.26. The van der Waals surface area contributed by atoms with Gasteiger partial charge in [0.2, 0.25) is 15.9 Å². The van der Waals surface area contributed by atoms with E-state index in [0.717, 1.165) is 17.7 Å². The fourth-order valence-corrected chi connectivity index (χ4v) is 5.13. The van der Waals surface area contributed by atoms with E-state index in [1.807, 2.05) is 6.07 Å². The van der Waals surface area contributed by atoms with E-state index < -0.39 is 52.4 Å². The van der Waals surface area contributed by atoms with E-state index in [-0.39, 0.29) is 28.3 Å². The van der Waals surface area contributed by atoms with Crippen LogP contribution in [0.1, 0.15) is 22.8 Å². The van der Waals surface area contributed by atoms with Crippen LogP contribution >= 0.6 is 0 Å². The lowest BCUT2D eigenvalue weighted by atomic mass is 10.0. The van der Waals surface area contributed by atoms with Gasteiger partial charge in [0.05, 0.1) is 25.9 Å². The molecule has 208 valence electrons. The second-order valence-corrected chi connectivity index (χ2v) is 10.7. The van der Waals surface area contributed by atoms with Gasteiger partial charge in [-0.1, -0.05) is 30.3 Å². The van der Waals surface area contributed by atoms with Crippen molar-refractivity contribution in [3.63, 3.8) is 0 Å². The third kappa shape index (κ3) is 7.83. The van der Waals surface area contributed by atoms with Crippen LogP contribution in [0.5, 0.6) is 5.75 Å². The zero-order chi connectivity index (χ0) is 28.6. The Morgan fingerprint density at radius 1 is 1.00 bits per heavy atom. The smallest absolute Gasteiger partial charge is 0.251 e. The molecule has 0 fully saturated rings. The first kappa shape index (κ1) is 29.7. The molecule has 12 heteroatoms. The maximum Gasteiger partial charge on any atom is 0.251 e. The van der Waals surface area contributed by atoms with Gasteiger partial charge in [0, 0.05) is 23.7 Å². The van der Waals surface area contributed by atoms with Gasteiger partial charge in [-0.3, -0.25) is 9.59 Å². The number of hydrogen-bond acceptors (Lipinski definition) is 7. The molecule has 0 radical (unpaired) electrons. The van der Waals surface area contributed by atoms with Crippen molar-refractivity contribution in [2.45, 2.75) is 29.8 Å². The van der Waals surface area contributed by atoms with Gasteiger partial charge in [-0.15, -0.1) is 0 Å². The standard InChI is InChI=1S/C27H30FN3O7S/c1-27(16-32,17-33)31-39(36,37)24-13-12-21(15-23(24)38-2)29-26(35)22(14-18-6-4-3-5-7-18)30-25(34)19-8-10-20(28)11-9-19/h3-13,15,22,31-33H,14,16-17H2,1-2H3,(H,29,35)(H,30,34)/t22-/m0/s1. The zero-order valence-electron chi connectivity index (χ0n) is 21.3. The number of aliphatic hydroxyl groups excluding tert-OH is 2. The molecule has 0 bridgehead atoms. The Kier molecular flexibility index (Phi) is 9.76. The molecule has 39 heavy (non-hydrogen) atoms. The van der Waals surface area contributed by atoms with E-state index in [1.165, 1.54) is 44.4 Å². The van der Waals surface area contributed by atoms with E-state index in [9.17, 15) is 32.6 Å². The number of aliphatic hydroxyl groups is 2. The van der Waals surface area contributed by atoms with Crippen LogP contribution in [0.3, 0.4) is 0 Å². The van der Waals surface area contributed by atoms with Gasteiger partial charge in [-0.2, -0.15) is 0 Å². The van der Waals surface area contributed by atoms with Crippen molar-refractivity contribution in [2.24, 2.45) is 0 Å². The topological polar surface area (TPSA) is 154 Å². The fraction of sp³-hybridized carbons (Fsp3) is 0.259. The number of rotatable bonds is 12. The summed E-state index contributed by atoms with van der Waals surface area (Å²) in [6, 6.07) is 16.7. The van der Waals surface area contributed by atoms with Crippen LogP contribution < -0.4 is 20.1 Å². The molecule has 2 amide bonds. The maximum absolute atomic E-state index is 13.3. The number of carbonyl (C=O) groups excluding carboxylic acids is 2. The van der Waals surface area contributed by atoms with Crippen molar-refractivity contribution in [3.05, 3.63) is 89.7 Å². The number of benzene rings is 3. The van der Waals surface area contributed by atoms with Crippen LogP contribution in [0.2, 0.25) is 0 Å². The van der Waals surface area contributed by atoms with Gasteiger partial charge in [0.25, 0.3) is 5.91 Å². The second kappa shape index (κ2) is 12.8. The number of anilines is 1. The van der Waals surface area contributed by atoms with Crippen molar-refractivity contribution < 1.29 is 37.3 Å². The normalized spacial score (nSPS) is 12.4. The summed E-state index contributed by atoms with van der Waals surface area (Å²) in [4.78, 5) is 25.8. The molecule has 10 nitrogen and oxygen atoms in total. The van der Waals surface area contributed by atoms with Gasteiger partial charge in [-0.25, -0.2) is 17.5 Å². The molecule has 3 rings (SSSR count). The molecule has 0 saturated heterocycles. The first-order valence-corrected chi connectivity index (χ1v) is 13.3. The van der Waals surface area contributed by atoms with Crippen LogP contribution in [0, 0.1) is 5.82 Å². The summed E-state index contributed by atoms with van der Waals surface area (Å²) < 4.78 is 46.5. The molecule has 3 aromatic carbocycles. The van der Waals surface area contributed by atoms with Crippen molar-refractivity contribution in [3.8, 4) is 5.75 Å². The highest BCUT2D eigenvalue weighted by molar-refractivity contribution is 7.89. The SMILES string of the molecule is COc1cc(NC(=O)[C@H](Cc2ccccc2)NC(=O)c2ccc(F)cc2)ccc1S(=O)(=O)NC(C)(CO)CO. The number of carbonyl (C=O) groups is 2. The van der Waals surface area contributed by atoms with Gasteiger partial charge in [0.1, 0.15) is 22.5 Å². The van der Waals surface area contributed by atoms with Gasteiger partial charge < -0.3 is 25.6 Å². The van der Waals surface area contributed by atoms with Crippen LogP contribution in [0.15, 0.2) is 77.7 Å². The minimum Gasteiger partial charge on any atom is -0.495 e. The minimum atomic E-state index is -4.23. The van der Waals surface area contributed by atoms with Crippen molar-refractivity contribution in [1.82, 2.24) is 10.0 Å². The predicted octanol–water partition coefficient (Wildman–Crippen LogP) is 1.84. The molecule has 3 aromatic rings. The number of ether oxygens (including phenoxy) is 1. The lowest BCUT2D eigenvalue weighted by Crippen LogP contribution is -2.51. The number of amides is 2. The molecule has 0 aliphatic heterocycles. The van der Waals surface area contributed by atoms with Crippen molar-refractivity contribution in [2.75, 3.05) is 25.6 Å². The predicted molar refractivity (Wildman–Crippen MR) is 142 cm³/mol. The van der Waals surface area contributed by atoms with E-state index in [0.29, 0.717) is 0 Å². The summed E-state index contributed by atoms with van der Waals surface area (Å²) >= 11 is 0. The Balaban J connectivity index is 1.85. The molecule has 0 saturated carbocycles. The Bertz CT molecular complexity index is 1400. The zero-order valence-corrected chi connectivity index (χ0v) is 22.2. The Hall–Kier alpha value is -3.84. The highest BCUT2D eigenvalue weighted by Crippen LogP contribution is 2.28. The van der Waals surface area contributed by atoms with Gasteiger partial charge in [-0.05, 0) is 48.9 Å². The van der Waals surface area contributed by atoms with Gasteiger partial charge in [0.15, 0.2) is 0 Å². The summed E-state index contributed by atoms with van der Waals surface area (Å²) in [6.07, 6.45) is 0.147. The summed E-state index contributed by atoms with van der Waals surface area (Å²) in [5, 5.41) is 24.2. The first-order valence-electron chi connectivity index (χ1n) is 11.8. The summed E-state index contributed by atoms with van der Waals surface area (Å²) in [5.74, 6) is -1.77. The second-order valence-electron chi connectivity index (χ2n) is 9.06. The number of sulfonamides is 1. The molecule has 1 atom stereocenters. The largest absolute Gasteiger partial charge is 0.495 e. The molecule has 0 unspecified atom stereocenters. The highest BCUT2D eigenvalue weighted by Gasteiger charge is 2.31. The molecule has 5 N–H and O–H groups in total. The van der Waals surface area contributed by atoms with Crippen molar-refractivity contribution >= 4 is 27.5 Å². The van der Waals surface area contributed by atoms with Crippen molar-refractivity contribution in [1.29, 1.82) is 0 Å². The molecule has 0 aromatic heterocycles. The third-order valence-corrected chi connectivity index (χ3v) is 7.49. The molecule has 0 heterocycles. The number of halogens is 1. The van der Waals surface area contributed by atoms with Crippen LogP contribution in [0.25, 0.3) is 0 Å². The number of methoxy groups -OCH3 is 1. The average Bonchev–Trinajstić information content (AvgIpc) is 2.93. The minimum absolute atomic E-state index is 0.103. The summed E-state index contributed by atoms with van der Waals surface area (Å²) in [5.41, 5.74) is -0.372. The number of nitrogens with one attached hydrogen (secondary N) is 3. The Labute approximate surface area is 225 Å². The third-order valence-electron chi connectivity index (χ3n) is 5.81. The monoisotopic (exact) mass is 559 g/mol. The fourth-order valence-electron chi connectivity index (χ4n) is 3.59. The summed E-state index contributed by atoms with van der Waals surface area (Å²) in [6.45, 7) is 0.0377. The van der Waals surface area contributed by atoms with Crippen LogP contribution in [-0.2, 0) is 21.2 Å². The van der Waals surface area contributed by atoms with E-state index in [2.05, 4.69) is 15.4 Å². The Morgan fingerprint density at radius 3 is 2.23 bits per heavy atom. The average molecular weight is 560 g/mol. The molecular formula is C27H30FN3O7S. The summed E-state index contributed by atoms with van der Waals surface area (Å²) in [7, 11) is -2.98. The highest BCUT2D eigenvalue weighted by atomic mass is 32.2. The first-order chi connectivity index (χ1) is 18.5. The van der Waals surface area contributed by atoms with Crippen LogP contribution in [0.4, 0.5) is 10.1 Å². The molecule has 0 spiro atoms. The maximum atomic E-state index is 13.3. The molecular weight excluding hydrogens is 529 g/mol. The lowest BCUT2D eigenvalue weighted by molar-refractivity contribution is -0.118. The van der Waals surface area contributed by atoms with Gasteiger partial charge >= 0.3 is 0 Å².